The van der Waals surface area contributed by atoms with Crippen molar-refractivity contribution < 1.29 is 18.9 Å². The van der Waals surface area contributed by atoms with Crippen LogP contribution in [0.5, 0.6) is 0 Å². The van der Waals surface area contributed by atoms with Crippen molar-refractivity contribution in [2.45, 2.75) is 0 Å². The summed E-state index contributed by atoms with van der Waals surface area (Å²) in [6, 6.07) is 7.24. The monoisotopic (exact) mass is 465 g/mol. The van der Waals surface area contributed by atoms with Gasteiger partial charge in [0.15, 0.2) is 12.9 Å². The number of ether oxygens (including phenoxy) is 4. The van der Waals surface area contributed by atoms with Gasteiger partial charge in [-0.15, -0.1) is 0 Å². The Morgan fingerprint density at radius 2 is 1.03 bits per heavy atom. The van der Waals surface area contributed by atoms with Crippen molar-refractivity contribution in [3.63, 3.8) is 0 Å². The Morgan fingerprint density at radius 1 is 0.594 bits per heavy atom. The van der Waals surface area contributed by atoms with Crippen LogP contribution in [0.2, 0.25) is 0 Å². The lowest BCUT2D eigenvalue weighted by molar-refractivity contribution is 0.0570. The second kappa shape index (κ2) is 10.5. The third kappa shape index (κ3) is 4.64. The zero-order valence-corrected chi connectivity index (χ0v) is 20.3. The van der Waals surface area contributed by atoms with Crippen molar-refractivity contribution in [3.8, 4) is 0 Å². The van der Waals surface area contributed by atoms with Gasteiger partial charge in [0.05, 0.1) is 91.4 Å². The molecule has 5 rings (SSSR count). The van der Waals surface area contributed by atoms with Gasteiger partial charge in [-0.05, 0) is 18.2 Å². The molecule has 4 saturated heterocycles. The van der Waals surface area contributed by atoms with Gasteiger partial charge in [0, 0.05) is 31.9 Å². The van der Waals surface area contributed by atoms with Gasteiger partial charge in [0.1, 0.15) is 0 Å². The summed E-state index contributed by atoms with van der Waals surface area (Å²) in [5, 5.41) is 1.50. The summed E-state index contributed by atoms with van der Waals surface area (Å²) in [6.07, 6.45) is 0. The maximum Gasteiger partial charge on any atom is 0.185 e. The van der Waals surface area contributed by atoms with Gasteiger partial charge in [-0.3, -0.25) is 0 Å². The first kappa shape index (κ1) is 22.8. The summed E-state index contributed by atoms with van der Waals surface area (Å²) < 4.78 is 28.3. The zero-order valence-electron chi connectivity index (χ0n) is 19.4. The van der Waals surface area contributed by atoms with Crippen LogP contribution in [0.3, 0.4) is 0 Å². The van der Waals surface area contributed by atoms with E-state index in [1.165, 1.54) is 16.7 Å². The minimum absolute atomic E-state index is 0.797. The molecule has 0 saturated carbocycles. The highest BCUT2D eigenvalue weighted by molar-refractivity contribution is 7.78. The largest absolute Gasteiger partial charge is 0.378 e. The highest BCUT2D eigenvalue weighted by atomic mass is 31.2. The molecule has 0 N–H and O–H groups in total. The molecule has 1 aromatic rings. The van der Waals surface area contributed by atoms with Crippen LogP contribution in [0.4, 0.5) is 11.4 Å². The normalized spacial score (nSPS) is 24.7. The summed E-state index contributed by atoms with van der Waals surface area (Å²) in [4.78, 5) is 5.03. The topological polar surface area (TPSA) is 49.9 Å². The highest BCUT2D eigenvalue weighted by Gasteiger charge is 2.51. The van der Waals surface area contributed by atoms with Gasteiger partial charge in [-0.2, -0.15) is 9.34 Å². The van der Waals surface area contributed by atoms with Gasteiger partial charge >= 0.3 is 0 Å². The minimum atomic E-state index is -1.76. The van der Waals surface area contributed by atoms with Crippen LogP contribution in [-0.4, -0.2) is 121 Å². The molecule has 0 radical (unpaired) electrons. The van der Waals surface area contributed by atoms with Crippen molar-refractivity contribution in [1.29, 1.82) is 0 Å². The lowest BCUT2D eigenvalue weighted by atomic mass is 10.2. The second-order valence-corrected chi connectivity index (χ2v) is 12.4. The maximum absolute atomic E-state index is 5.75. The van der Waals surface area contributed by atoms with Crippen molar-refractivity contribution in [3.05, 3.63) is 18.2 Å². The number of morpholine rings is 4. The predicted molar refractivity (Wildman–Crippen MR) is 130 cm³/mol. The molecule has 0 atom stereocenters. The molecular weight excluding hydrogens is 427 g/mol. The fraction of sp³-hybridized carbons (Fsp3) is 0.739. The first-order valence-electron chi connectivity index (χ1n) is 12.1. The molecule has 0 aliphatic carbocycles. The van der Waals surface area contributed by atoms with Crippen LogP contribution < -0.4 is 15.1 Å². The fourth-order valence-electron chi connectivity index (χ4n) is 5.32. The Hall–Kier alpha value is -0.990. The van der Waals surface area contributed by atoms with E-state index in [0.717, 1.165) is 105 Å². The molecule has 4 fully saturated rings. The predicted octanol–water partition coefficient (Wildman–Crippen LogP) is 1.13. The van der Waals surface area contributed by atoms with Crippen LogP contribution in [-0.2, 0) is 18.9 Å². The van der Waals surface area contributed by atoms with Gasteiger partial charge in [0.25, 0.3) is 0 Å². The number of anilines is 2. The third-order valence-electron chi connectivity index (χ3n) is 7.22. The molecule has 0 aromatic heterocycles. The number of rotatable bonds is 5. The molecule has 0 bridgehead atoms. The SMILES string of the molecule is C[P+](c1ccc(N2CCOCC2)cc1N1CCOCC1)(N1CCOCC1)N1CCOCC1. The molecule has 178 valence electrons. The van der Waals surface area contributed by atoms with Crippen molar-refractivity contribution in [2.75, 3.05) is 122 Å². The Labute approximate surface area is 192 Å². The molecule has 1 aromatic carbocycles. The minimum Gasteiger partial charge on any atom is -0.378 e. The van der Waals surface area contributed by atoms with Crippen molar-refractivity contribution in [2.24, 2.45) is 0 Å². The molecule has 8 nitrogen and oxygen atoms in total. The summed E-state index contributed by atoms with van der Waals surface area (Å²) in [5.74, 6) is 0. The lowest BCUT2D eigenvalue weighted by Crippen LogP contribution is -2.50. The summed E-state index contributed by atoms with van der Waals surface area (Å²) in [7, 11) is -1.76. The molecule has 4 aliphatic heterocycles. The Kier molecular flexibility index (Phi) is 7.49. The zero-order chi connectivity index (χ0) is 21.8. The molecule has 9 heteroatoms. The Morgan fingerprint density at radius 3 is 1.53 bits per heavy atom. The molecule has 32 heavy (non-hydrogen) atoms. The lowest BCUT2D eigenvalue weighted by Gasteiger charge is -2.45. The number of hydrogen-bond donors (Lipinski definition) is 0. The highest BCUT2D eigenvalue weighted by Crippen LogP contribution is 2.62. The van der Waals surface area contributed by atoms with E-state index >= 15 is 0 Å². The first-order chi connectivity index (χ1) is 15.8. The summed E-state index contributed by atoms with van der Waals surface area (Å²) in [5.41, 5.74) is 2.71. The fourth-order valence-corrected chi connectivity index (χ4v) is 9.16. The molecule has 4 heterocycles. The number of nitrogens with zero attached hydrogens (tertiary/aromatic N) is 4. The van der Waals surface area contributed by atoms with Crippen LogP contribution in [0, 0.1) is 0 Å². The van der Waals surface area contributed by atoms with E-state index in [9.17, 15) is 0 Å². The van der Waals surface area contributed by atoms with E-state index in [4.69, 9.17) is 18.9 Å². The van der Waals surface area contributed by atoms with E-state index in [-0.39, 0.29) is 0 Å². The average molecular weight is 466 g/mol. The molecule has 0 unspecified atom stereocenters. The van der Waals surface area contributed by atoms with Gasteiger partial charge in [-0.25, -0.2) is 0 Å². The van der Waals surface area contributed by atoms with Gasteiger partial charge < -0.3 is 28.7 Å². The Bertz CT molecular complexity index is 728. The first-order valence-corrected chi connectivity index (χ1v) is 14.2. The van der Waals surface area contributed by atoms with Crippen LogP contribution in [0.1, 0.15) is 0 Å². The van der Waals surface area contributed by atoms with E-state index < -0.39 is 7.56 Å². The van der Waals surface area contributed by atoms with Gasteiger partial charge in [0.2, 0.25) is 0 Å². The smallest absolute Gasteiger partial charge is 0.185 e. The molecular formula is C23H38N4O4P+. The van der Waals surface area contributed by atoms with E-state index in [1.807, 2.05) is 0 Å². The summed E-state index contributed by atoms with van der Waals surface area (Å²) >= 11 is 0. The molecule has 0 spiro atoms. The summed E-state index contributed by atoms with van der Waals surface area (Å²) in [6.45, 7) is 16.8. The maximum atomic E-state index is 5.75. The van der Waals surface area contributed by atoms with E-state index in [0.29, 0.717) is 0 Å². The quantitative estimate of drug-likeness (QED) is 0.600. The van der Waals surface area contributed by atoms with Crippen LogP contribution in [0.15, 0.2) is 18.2 Å². The van der Waals surface area contributed by atoms with Crippen molar-refractivity contribution >= 4 is 24.2 Å². The van der Waals surface area contributed by atoms with E-state index in [2.05, 4.69) is 44.0 Å². The number of benzene rings is 1. The Balaban J connectivity index is 1.56. The third-order valence-corrected chi connectivity index (χ3v) is 11.5. The average Bonchev–Trinajstić information content (AvgIpc) is 2.90. The van der Waals surface area contributed by atoms with Gasteiger partial charge in [-0.1, -0.05) is 0 Å². The second-order valence-electron chi connectivity index (χ2n) is 8.92. The standard InChI is InChI=1S/C23H38N4O4P/c1-32(26-8-16-30-17-9-26,27-10-18-31-19-11-27)23-3-2-21(24-4-12-28-13-5-24)20-22(23)25-6-14-29-15-7-25/h2-3,20H,4-19H2,1H3/q+1. The van der Waals surface area contributed by atoms with E-state index in [1.54, 1.807) is 0 Å². The van der Waals surface area contributed by atoms with Crippen molar-refractivity contribution in [1.82, 2.24) is 9.34 Å². The molecule has 4 aliphatic rings. The van der Waals surface area contributed by atoms with Crippen LogP contribution >= 0.6 is 7.56 Å². The number of hydrogen-bond acceptors (Lipinski definition) is 8. The molecule has 0 amide bonds. The van der Waals surface area contributed by atoms with Crippen LogP contribution in [0.25, 0.3) is 0 Å².